The van der Waals surface area contributed by atoms with Crippen LogP contribution in [0.2, 0.25) is 0 Å². The maximum absolute atomic E-state index is 12.4. The molecule has 2 aromatic carbocycles. The van der Waals surface area contributed by atoms with Crippen LogP contribution >= 0.6 is 67.8 Å². The van der Waals surface area contributed by atoms with E-state index in [9.17, 15) is 28.6 Å². The fraction of sp³-hybridized carbons (Fsp3) is 0.143. The Bertz CT molecular complexity index is 957. The molecule has 2 rings (SSSR count). The van der Waals surface area contributed by atoms with Crippen molar-refractivity contribution in [1.82, 2.24) is 0 Å². The minimum atomic E-state index is -4.26. The molecule has 0 spiro atoms. The number of nitro groups is 2. The van der Waals surface area contributed by atoms with E-state index in [1.54, 1.807) is 12.1 Å². The van der Waals surface area contributed by atoms with E-state index in [4.69, 9.17) is 4.18 Å². The van der Waals surface area contributed by atoms with Crippen molar-refractivity contribution in [2.24, 2.45) is 0 Å². The topological polar surface area (TPSA) is 130 Å². The molecule has 0 saturated carbocycles. The molecular weight excluding hydrogens is 721 g/mol. The Kier molecular flexibility index (Phi) is 7.36. The van der Waals surface area contributed by atoms with Crippen molar-refractivity contribution in [3.05, 3.63) is 73.8 Å². The molecule has 0 unspecified atom stereocenters. The molecule has 0 aliphatic heterocycles. The van der Waals surface area contributed by atoms with Crippen LogP contribution < -0.4 is 0 Å². The lowest BCUT2D eigenvalue weighted by Crippen LogP contribution is -2.10. The highest BCUT2D eigenvalue weighted by atomic mass is 127. The average molecular weight is 730 g/mol. The Morgan fingerprint density at radius 1 is 0.926 bits per heavy atom. The Morgan fingerprint density at radius 3 is 1.81 bits per heavy atom. The summed E-state index contributed by atoms with van der Waals surface area (Å²) < 4.78 is 29.3. The van der Waals surface area contributed by atoms with Crippen LogP contribution in [-0.2, 0) is 20.3 Å². The third-order valence-corrected chi connectivity index (χ3v) is 6.49. The highest BCUT2D eigenvalue weighted by Gasteiger charge is 2.28. The van der Waals surface area contributed by atoms with E-state index in [1.165, 1.54) is 12.1 Å². The number of benzene rings is 2. The SMILES string of the molecule is O=[N+]([O-])c1cccc([N+](=O)[O-])c1COS(=O)(=O)c1ccc(C(I)(I)I)cc1. The standard InChI is InChI=1S/C14H9I3N2O7S/c15-14(16,17)9-4-6-10(7-5-9)27(24,25)26-8-11-12(18(20)21)2-1-3-13(11)19(22)23/h1-7H,8H2. The third kappa shape index (κ3) is 5.67. The van der Waals surface area contributed by atoms with Gasteiger partial charge in [-0.25, -0.2) is 0 Å². The van der Waals surface area contributed by atoms with E-state index in [0.29, 0.717) is 0 Å². The molecule has 0 radical (unpaired) electrons. The van der Waals surface area contributed by atoms with E-state index in [0.717, 1.165) is 23.8 Å². The van der Waals surface area contributed by atoms with Crippen LogP contribution in [0.3, 0.4) is 0 Å². The quantitative estimate of drug-likeness (QED) is 0.131. The molecule has 27 heavy (non-hydrogen) atoms. The summed E-state index contributed by atoms with van der Waals surface area (Å²) in [5.74, 6) is 0. The molecule has 0 bridgehead atoms. The average Bonchev–Trinajstić information content (AvgIpc) is 2.58. The minimum absolute atomic E-state index is 0.152. The van der Waals surface area contributed by atoms with E-state index >= 15 is 0 Å². The van der Waals surface area contributed by atoms with Crippen molar-refractivity contribution in [3.63, 3.8) is 0 Å². The molecule has 0 heterocycles. The first kappa shape index (κ1) is 22.6. The number of hydrogen-bond acceptors (Lipinski definition) is 7. The largest absolute Gasteiger partial charge is 0.297 e. The maximum Gasteiger partial charge on any atom is 0.297 e. The summed E-state index contributed by atoms with van der Waals surface area (Å²) in [5, 5.41) is 22.2. The van der Waals surface area contributed by atoms with Crippen LogP contribution in [0.4, 0.5) is 11.4 Å². The fourth-order valence-electron chi connectivity index (χ4n) is 2.07. The lowest BCUT2D eigenvalue weighted by Gasteiger charge is -2.13. The second kappa shape index (κ2) is 8.78. The van der Waals surface area contributed by atoms with Crippen molar-refractivity contribution in [3.8, 4) is 0 Å². The Morgan fingerprint density at radius 2 is 1.41 bits per heavy atom. The molecule has 0 atom stereocenters. The monoisotopic (exact) mass is 730 g/mol. The number of nitro benzene ring substituents is 2. The summed E-state index contributed by atoms with van der Waals surface area (Å²) in [6, 6.07) is 9.19. The third-order valence-electron chi connectivity index (χ3n) is 3.35. The molecule has 144 valence electrons. The van der Waals surface area contributed by atoms with Crippen molar-refractivity contribution in [2.45, 2.75) is 10.9 Å². The minimum Gasteiger partial charge on any atom is -0.261 e. The van der Waals surface area contributed by atoms with Gasteiger partial charge in [-0.2, -0.15) is 8.42 Å². The summed E-state index contributed by atoms with van der Waals surface area (Å²) >= 11 is 6.55. The van der Waals surface area contributed by atoms with Gasteiger partial charge in [0.25, 0.3) is 21.5 Å². The van der Waals surface area contributed by atoms with E-state index < -0.39 is 43.5 Å². The van der Waals surface area contributed by atoms with Gasteiger partial charge in [0, 0.05) is 12.1 Å². The lowest BCUT2D eigenvalue weighted by atomic mass is 10.1. The number of halogens is 3. The molecule has 0 aliphatic carbocycles. The van der Waals surface area contributed by atoms with Gasteiger partial charge in [-0.1, -0.05) is 12.1 Å². The second-order valence-electron chi connectivity index (χ2n) is 5.03. The highest BCUT2D eigenvalue weighted by molar-refractivity contribution is 14.3. The van der Waals surface area contributed by atoms with Crippen LogP contribution in [0.1, 0.15) is 11.1 Å². The Hall–Kier alpha value is -0.660. The fourth-order valence-corrected chi connectivity index (χ4v) is 4.03. The number of hydrogen-bond donors (Lipinski definition) is 0. The highest BCUT2D eigenvalue weighted by Crippen LogP contribution is 2.46. The molecule has 13 heteroatoms. The van der Waals surface area contributed by atoms with Crippen molar-refractivity contribution < 1.29 is 22.4 Å². The first-order valence-corrected chi connectivity index (χ1v) is 11.6. The van der Waals surface area contributed by atoms with E-state index in [2.05, 4.69) is 67.8 Å². The van der Waals surface area contributed by atoms with Crippen LogP contribution in [-0.4, -0.2) is 18.3 Å². The van der Waals surface area contributed by atoms with Gasteiger partial charge in [0.1, 0.15) is 11.6 Å². The summed E-state index contributed by atoms with van der Waals surface area (Å²) in [6.07, 6.45) is 0. The Balaban J connectivity index is 2.33. The van der Waals surface area contributed by atoms with E-state index in [-0.39, 0.29) is 4.33 Å². The number of nitrogens with zero attached hydrogens (tertiary/aromatic N) is 2. The zero-order valence-corrected chi connectivity index (χ0v) is 20.3. The molecule has 0 aromatic heterocycles. The summed E-state index contributed by atoms with van der Waals surface area (Å²) in [4.78, 5) is 20.4. The molecule has 0 saturated heterocycles. The van der Waals surface area contributed by atoms with Gasteiger partial charge in [0.2, 0.25) is 0 Å². The molecule has 2 aromatic rings. The van der Waals surface area contributed by atoms with Gasteiger partial charge in [-0.3, -0.25) is 24.4 Å². The van der Waals surface area contributed by atoms with Crippen LogP contribution in [0.5, 0.6) is 0 Å². The lowest BCUT2D eigenvalue weighted by molar-refractivity contribution is -0.396. The summed E-state index contributed by atoms with van der Waals surface area (Å²) in [6.45, 7) is -0.827. The first-order chi connectivity index (χ1) is 12.4. The van der Waals surface area contributed by atoms with Gasteiger partial charge in [0.15, 0.2) is 0 Å². The van der Waals surface area contributed by atoms with Crippen LogP contribution in [0.25, 0.3) is 0 Å². The maximum atomic E-state index is 12.4. The van der Waals surface area contributed by atoms with Crippen molar-refractivity contribution in [2.75, 3.05) is 0 Å². The normalized spacial score (nSPS) is 12.0. The van der Waals surface area contributed by atoms with Gasteiger partial charge in [-0.05, 0) is 91.5 Å². The van der Waals surface area contributed by atoms with Gasteiger partial charge in [-0.15, -0.1) is 0 Å². The molecule has 9 nitrogen and oxygen atoms in total. The molecule has 0 N–H and O–H groups in total. The second-order valence-corrected chi connectivity index (χ2v) is 17.7. The summed E-state index contributed by atoms with van der Waals surface area (Å²) in [5.41, 5.74) is -0.713. The van der Waals surface area contributed by atoms with Gasteiger partial charge in [0.05, 0.1) is 14.7 Å². The zero-order chi connectivity index (χ0) is 20.4. The van der Waals surface area contributed by atoms with Crippen molar-refractivity contribution >= 4 is 89.3 Å². The number of alkyl halides is 3. The molecule has 0 amide bonds. The molecule has 0 aliphatic rings. The van der Waals surface area contributed by atoms with Gasteiger partial charge < -0.3 is 0 Å². The van der Waals surface area contributed by atoms with Crippen LogP contribution in [0, 0.1) is 20.2 Å². The molecular formula is C14H9I3N2O7S. The predicted octanol–water partition coefficient (Wildman–Crippen LogP) is 4.82. The van der Waals surface area contributed by atoms with Crippen molar-refractivity contribution in [1.29, 1.82) is 0 Å². The van der Waals surface area contributed by atoms with Gasteiger partial charge >= 0.3 is 0 Å². The first-order valence-electron chi connectivity index (χ1n) is 6.91. The molecule has 0 fully saturated rings. The number of rotatable bonds is 7. The van der Waals surface area contributed by atoms with E-state index in [1.807, 2.05) is 0 Å². The smallest absolute Gasteiger partial charge is 0.261 e. The predicted molar refractivity (Wildman–Crippen MR) is 122 cm³/mol. The Labute approximate surface area is 194 Å². The van der Waals surface area contributed by atoms with Crippen LogP contribution in [0.15, 0.2) is 47.4 Å². The zero-order valence-electron chi connectivity index (χ0n) is 13.0. The summed E-state index contributed by atoms with van der Waals surface area (Å²) in [7, 11) is -4.26.